The molecule has 0 spiro atoms. The summed E-state index contributed by atoms with van der Waals surface area (Å²) in [6.45, 7) is 3.11. The van der Waals surface area contributed by atoms with Crippen LogP contribution in [0.4, 0.5) is 16.6 Å². The maximum Gasteiger partial charge on any atom is 0.312 e. The minimum absolute atomic E-state index is 0.445. The molecule has 0 saturated carbocycles. The fourth-order valence-corrected chi connectivity index (χ4v) is 2.73. The number of aromatic nitrogens is 2. The highest BCUT2D eigenvalue weighted by molar-refractivity contribution is 7.18. The van der Waals surface area contributed by atoms with E-state index in [-0.39, 0.29) is 0 Å². The fourth-order valence-electron chi connectivity index (χ4n) is 1.76. The molecule has 0 radical (unpaired) electrons. The molecule has 0 bridgehead atoms. The van der Waals surface area contributed by atoms with Gasteiger partial charge in [0, 0.05) is 25.0 Å². The van der Waals surface area contributed by atoms with E-state index in [0.717, 1.165) is 22.5 Å². The van der Waals surface area contributed by atoms with Crippen LogP contribution in [0.5, 0.6) is 0 Å². The second-order valence-corrected chi connectivity index (χ2v) is 5.26. The predicted octanol–water partition coefficient (Wildman–Crippen LogP) is 1.38. The molecule has 0 aliphatic carbocycles. The predicted molar refractivity (Wildman–Crippen MR) is 82.4 cm³/mol. The highest BCUT2D eigenvalue weighted by Crippen LogP contribution is 2.30. The minimum Gasteiger partial charge on any atom is -0.368 e. The third-order valence-electron chi connectivity index (χ3n) is 2.73. The second kappa shape index (κ2) is 6.38. The number of aryl methyl sites for hydroxylation is 1. The molecule has 8 heteroatoms. The maximum atomic E-state index is 10.6. The average molecular weight is 294 g/mol. The largest absolute Gasteiger partial charge is 0.368 e. The van der Waals surface area contributed by atoms with E-state index in [1.807, 2.05) is 0 Å². The molecule has 2 heterocycles. The van der Waals surface area contributed by atoms with Crippen LogP contribution in [0.3, 0.4) is 0 Å². The quantitative estimate of drug-likeness (QED) is 0.602. The zero-order valence-corrected chi connectivity index (χ0v) is 12.3. The number of rotatable bonds is 6. The Morgan fingerprint density at radius 2 is 2.20 bits per heavy atom. The Morgan fingerprint density at radius 1 is 1.40 bits per heavy atom. The van der Waals surface area contributed by atoms with Gasteiger partial charge in [0.2, 0.25) is 5.95 Å². The van der Waals surface area contributed by atoms with Crippen molar-refractivity contribution in [2.45, 2.75) is 13.3 Å². The molecule has 2 amide bonds. The molecule has 2 rings (SSSR count). The van der Waals surface area contributed by atoms with Crippen LogP contribution in [-0.2, 0) is 6.42 Å². The number of carbonyl (C=O) groups is 1. The van der Waals surface area contributed by atoms with E-state index < -0.39 is 6.03 Å². The SMILES string of the molecule is CCc1cc2c(NCCNC(N)=O)nc(NC)nc2s1. The van der Waals surface area contributed by atoms with Crippen LogP contribution in [0.1, 0.15) is 11.8 Å². The zero-order valence-electron chi connectivity index (χ0n) is 11.5. The van der Waals surface area contributed by atoms with Gasteiger partial charge in [0.05, 0.1) is 5.39 Å². The summed E-state index contributed by atoms with van der Waals surface area (Å²) in [6.07, 6.45) is 0.971. The number of nitrogens with two attached hydrogens (primary N) is 1. The first-order valence-electron chi connectivity index (χ1n) is 6.39. The molecule has 0 unspecified atom stereocenters. The molecule has 0 saturated heterocycles. The monoisotopic (exact) mass is 294 g/mol. The Bertz CT molecular complexity index is 611. The van der Waals surface area contributed by atoms with Gasteiger partial charge in [-0.1, -0.05) is 6.92 Å². The summed E-state index contributed by atoms with van der Waals surface area (Å²) in [5.74, 6) is 1.34. The van der Waals surface area contributed by atoms with E-state index in [9.17, 15) is 4.79 Å². The number of nitrogens with one attached hydrogen (secondary N) is 3. The lowest BCUT2D eigenvalue weighted by molar-refractivity contribution is 0.249. The summed E-state index contributed by atoms with van der Waals surface area (Å²) in [5, 5.41) is 9.68. The van der Waals surface area contributed by atoms with Crippen molar-refractivity contribution in [1.29, 1.82) is 0 Å². The highest BCUT2D eigenvalue weighted by atomic mass is 32.1. The number of amides is 2. The van der Waals surface area contributed by atoms with E-state index >= 15 is 0 Å². The van der Waals surface area contributed by atoms with Crippen molar-refractivity contribution < 1.29 is 4.79 Å². The van der Waals surface area contributed by atoms with Crippen LogP contribution in [0.15, 0.2) is 6.07 Å². The number of carbonyl (C=O) groups excluding carboxylic acids is 1. The number of thiophene rings is 1. The van der Waals surface area contributed by atoms with E-state index in [0.29, 0.717) is 19.0 Å². The molecule has 0 aliphatic heterocycles. The van der Waals surface area contributed by atoms with Crippen LogP contribution in [-0.4, -0.2) is 36.1 Å². The standard InChI is InChI=1S/C12H18N6OS/c1-3-7-6-8-9(15-4-5-16-11(13)19)17-12(14-2)18-10(8)20-7/h6H,3-5H2,1-2H3,(H3,13,16,19)(H2,14,15,17,18). The molecule has 2 aromatic rings. The summed E-state index contributed by atoms with van der Waals surface area (Å²) >= 11 is 1.66. The van der Waals surface area contributed by atoms with Crippen LogP contribution < -0.4 is 21.7 Å². The van der Waals surface area contributed by atoms with Crippen LogP contribution in [0.2, 0.25) is 0 Å². The minimum atomic E-state index is -0.528. The number of hydrogen-bond acceptors (Lipinski definition) is 6. The number of primary amides is 1. The molecule has 7 nitrogen and oxygen atoms in total. The first kappa shape index (κ1) is 14.3. The van der Waals surface area contributed by atoms with Crippen molar-refractivity contribution in [2.24, 2.45) is 5.73 Å². The third-order valence-corrected chi connectivity index (χ3v) is 3.91. The molecule has 5 N–H and O–H groups in total. The Morgan fingerprint density at radius 3 is 2.85 bits per heavy atom. The van der Waals surface area contributed by atoms with Crippen molar-refractivity contribution in [2.75, 3.05) is 30.8 Å². The normalized spacial score (nSPS) is 10.5. The summed E-state index contributed by atoms with van der Waals surface area (Å²) in [5.41, 5.74) is 5.02. The zero-order chi connectivity index (χ0) is 14.5. The number of urea groups is 1. The van der Waals surface area contributed by atoms with Crippen LogP contribution in [0.25, 0.3) is 10.2 Å². The van der Waals surface area contributed by atoms with Crippen molar-refractivity contribution >= 4 is 39.4 Å². The lowest BCUT2D eigenvalue weighted by atomic mass is 10.3. The van der Waals surface area contributed by atoms with Crippen molar-refractivity contribution in [3.63, 3.8) is 0 Å². The van der Waals surface area contributed by atoms with Gasteiger partial charge in [0.15, 0.2) is 0 Å². The Labute approximate surface area is 121 Å². The van der Waals surface area contributed by atoms with Gasteiger partial charge in [-0.3, -0.25) is 0 Å². The smallest absolute Gasteiger partial charge is 0.312 e. The molecule has 0 aliphatic rings. The average Bonchev–Trinajstić information content (AvgIpc) is 2.86. The number of nitrogens with zero attached hydrogens (tertiary/aromatic N) is 2. The van der Waals surface area contributed by atoms with Crippen LogP contribution in [0, 0.1) is 0 Å². The van der Waals surface area contributed by atoms with Gasteiger partial charge < -0.3 is 21.7 Å². The molecule has 108 valence electrons. The highest BCUT2D eigenvalue weighted by Gasteiger charge is 2.10. The molecular formula is C12H18N6OS. The van der Waals surface area contributed by atoms with Gasteiger partial charge in [-0.25, -0.2) is 9.78 Å². The van der Waals surface area contributed by atoms with Gasteiger partial charge in [-0.05, 0) is 12.5 Å². The molecule has 0 atom stereocenters. The van der Waals surface area contributed by atoms with Crippen molar-refractivity contribution in [1.82, 2.24) is 15.3 Å². The third kappa shape index (κ3) is 3.27. The maximum absolute atomic E-state index is 10.6. The lowest BCUT2D eigenvalue weighted by Crippen LogP contribution is -2.33. The summed E-state index contributed by atoms with van der Waals surface area (Å²) in [7, 11) is 1.79. The Hall–Kier alpha value is -2.09. The lowest BCUT2D eigenvalue weighted by Gasteiger charge is -2.08. The Kier molecular flexibility index (Phi) is 4.57. The second-order valence-electron chi connectivity index (χ2n) is 4.15. The summed E-state index contributed by atoms with van der Waals surface area (Å²) < 4.78 is 0. The first-order chi connectivity index (χ1) is 9.63. The van der Waals surface area contributed by atoms with Crippen LogP contribution >= 0.6 is 11.3 Å². The molecule has 2 aromatic heterocycles. The van der Waals surface area contributed by atoms with Gasteiger partial charge in [-0.15, -0.1) is 11.3 Å². The van der Waals surface area contributed by atoms with E-state index in [1.165, 1.54) is 4.88 Å². The van der Waals surface area contributed by atoms with E-state index in [4.69, 9.17) is 5.73 Å². The topological polar surface area (TPSA) is 105 Å². The molecule has 20 heavy (non-hydrogen) atoms. The van der Waals surface area contributed by atoms with Gasteiger partial charge in [-0.2, -0.15) is 4.98 Å². The van der Waals surface area contributed by atoms with Gasteiger partial charge in [0.1, 0.15) is 10.6 Å². The van der Waals surface area contributed by atoms with Crippen molar-refractivity contribution in [3.8, 4) is 0 Å². The van der Waals surface area contributed by atoms with Gasteiger partial charge >= 0.3 is 6.03 Å². The van der Waals surface area contributed by atoms with Crippen molar-refractivity contribution in [3.05, 3.63) is 10.9 Å². The van der Waals surface area contributed by atoms with E-state index in [1.54, 1.807) is 18.4 Å². The number of hydrogen-bond donors (Lipinski definition) is 4. The summed E-state index contributed by atoms with van der Waals surface area (Å²) in [4.78, 5) is 21.7. The number of anilines is 2. The first-order valence-corrected chi connectivity index (χ1v) is 7.21. The molecule has 0 aromatic carbocycles. The summed E-state index contributed by atoms with van der Waals surface area (Å²) in [6, 6.07) is 1.57. The van der Waals surface area contributed by atoms with E-state index in [2.05, 4.69) is 38.9 Å². The number of fused-ring (bicyclic) bond motifs is 1. The molecule has 0 fully saturated rings. The fraction of sp³-hybridized carbons (Fsp3) is 0.417. The Balaban J connectivity index is 2.20. The van der Waals surface area contributed by atoms with Gasteiger partial charge in [0.25, 0.3) is 0 Å². The molecular weight excluding hydrogens is 276 g/mol.